The highest BCUT2D eigenvalue weighted by Gasteiger charge is 2.09. The molecule has 0 unspecified atom stereocenters. The smallest absolute Gasteiger partial charge is 0.269 e. The molecule has 1 aromatic carbocycles. The van der Waals surface area contributed by atoms with Crippen LogP contribution in [0.15, 0.2) is 18.2 Å². The van der Waals surface area contributed by atoms with E-state index in [1.54, 1.807) is 7.11 Å². The highest BCUT2D eigenvalue weighted by Crippen LogP contribution is 2.22. The van der Waals surface area contributed by atoms with E-state index in [0.717, 1.165) is 0 Å². The highest BCUT2D eigenvalue weighted by atomic mass is 35.5. The van der Waals surface area contributed by atoms with E-state index >= 15 is 0 Å². The van der Waals surface area contributed by atoms with Gasteiger partial charge in [0.25, 0.3) is 5.69 Å². The molecule has 106 valence electrons. The Hall–Kier alpha value is -1.21. The molecule has 0 bridgehead atoms. The maximum Gasteiger partial charge on any atom is 0.269 e. The molecule has 0 spiro atoms. The first-order valence-corrected chi connectivity index (χ1v) is 6.10. The van der Waals surface area contributed by atoms with Crippen LogP contribution in [0, 0.1) is 10.1 Å². The summed E-state index contributed by atoms with van der Waals surface area (Å²) in [4.78, 5) is 10.2. The van der Waals surface area contributed by atoms with Crippen LogP contribution < -0.4 is 0 Å². The van der Waals surface area contributed by atoms with Crippen LogP contribution in [0.4, 0.5) is 5.69 Å². The van der Waals surface area contributed by atoms with Crippen LogP contribution in [0.25, 0.3) is 0 Å². The predicted octanol–water partition coefficient (Wildman–Crippen LogP) is 2.43. The van der Waals surface area contributed by atoms with Crippen molar-refractivity contribution in [1.82, 2.24) is 0 Å². The maximum absolute atomic E-state index is 10.6. The van der Waals surface area contributed by atoms with E-state index in [9.17, 15) is 10.1 Å². The van der Waals surface area contributed by atoms with E-state index in [1.807, 2.05) is 0 Å². The minimum absolute atomic E-state index is 0.000607. The molecule has 0 aliphatic rings. The summed E-state index contributed by atoms with van der Waals surface area (Å²) in [6, 6.07) is 4.27. The normalized spacial score (nSPS) is 10.6. The Morgan fingerprint density at radius 3 is 2.58 bits per heavy atom. The van der Waals surface area contributed by atoms with Crippen molar-refractivity contribution in [3.05, 3.63) is 38.9 Å². The Bertz CT molecular complexity index is 413. The average molecular weight is 290 g/mol. The fraction of sp³-hybridized carbons (Fsp3) is 0.500. The third kappa shape index (κ3) is 5.98. The van der Waals surface area contributed by atoms with Crippen molar-refractivity contribution in [3.8, 4) is 0 Å². The lowest BCUT2D eigenvalue weighted by molar-refractivity contribution is -0.384. The number of benzene rings is 1. The predicted molar refractivity (Wildman–Crippen MR) is 70.5 cm³/mol. The molecule has 6 nitrogen and oxygen atoms in total. The number of hydrogen-bond acceptors (Lipinski definition) is 5. The number of hydrogen-bond donors (Lipinski definition) is 0. The summed E-state index contributed by atoms with van der Waals surface area (Å²) >= 11 is 5.93. The van der Waals surface area contributed by atoms with Crippen molar-refractivity contribution in [1.29, 1.82) is 0 Å². The second-order valence-corrected chi connectivity index (χ2v) is 4.10. The molecule has 0 saturated heterocycles. The molecular formula is C12H16ClNO5. The summed E-state index contributed by atoms with van der Waals surface area (Å²) in [6.07, 6.45) is 0. The zero-order valence-corrected chi connectivity index (χ0v) is 11.4. The molecule has 0 atom stereocenters. The van der Waals surface area contributed by atoms with Gasteiger partial charge in [0.2, 0.25) is 0 Å². The lowest BCUT2D eigenvalue weighted by atomic mass is 10.2. The van der Waals surface area contributed by atoms with Gasteiger partial charge in [-0.15, -0.1) is 0 Å². The molecule has 0 aromatic heterocycles. The van der Waals surface area contributed by atoms with Crippen LogP contribution in [0.3, 0.4) is 0 Å². The van der Waals surface area contributed by atoms with E-state index in [2.05, 4.69) is 0 Å². The third-order valence-corrected chi connectivity index (χ3v) is 2.67. The molecule has 1 rings (SSSR count). The zero-order chi connectivity index (χ0) is 14.1. The molecule has 0 aliphatic carbocycles. The van der Waals surface area contributed by atoms with Crippen molar-refractivity contribution in [2.24, 2.45) is 0 Å². The van der Waals surface area contributed by atoms with Gasteiger partial charge in [0.05, 0.1) is 38.0 Å². The number of methoxy groups -OCH3 is 1. The highest BCUT2D eigenvalue weighted by molar-refractivity contribution is 6.31. The quantitative estimate of drug-likeness (QED) is 0.397. The number of non-ortho nitro benzene ring substituents is 1. The van der Waals surface area contributed by atoms with Crippen molar-refractivity contribution in [3.63, 3.8) is 0 Å². The molecule has 7 heteroatoms. The average Bonchev–Trinajstić information content (AvgIpc) is 2.39. The monoisotopic (exact) mass is 289 g/mol. The molecule has 0 radical (unpaired) electrons. The lowest BCUT2D eigenvalue weighted by Gasteiger charge is -2.07. The first-order valence-electron chi connectivity index (χ1n) is 5.72. The van der Waals surface area contributed by atoms with Gasteiger partial charge in [-0.25, -0.2) is 0 Å². The Balaban J connectivity index is 2.32. The van der Waals surface area contributed by atoms with Gasteiger partial charge in [-0.2, -0.15) is 0 Å². The minimum atomic E-state index is -0.465. The fourth-order valence-electron chi connectivity index (χ4n) is 1.33. The molecule has 19 heavy (non-hydrogen) atoms. The largest absolute Gasteiger partial charge is 0.382 e. The van der Waals surface area contributed by atoms with Gasteiger partial charge in [-0.3, -0.25) is 10.1 Å². The van der Waals surface area contributed by atoms with Gasteiger partial charge in [0.15, 0.2) is 0 Å². The van der Waals surface area contributed by atoms with E-state index < -0.39 is 4.92 Å². The van der Waals surface area contributed by atoms with Gasteiger partial charge < -0.3 is 14.2 Å². The van der Waals surface area contributed by atoms with Crippen LogP contribution in [0.2, 0.25) is 5.02 Å². The van der Waals surface area contributed by atoms with E-state index in [0.29, 0.717) is 37.0 Å². The molecule has 0 heterocycles. The standard InChI is InChI=1S/C12H16ClNO5/c1-17-4-5-18-6-7-19-9-10-8-11(14(15)16)2-3-12(10)13/h2-3,8H,4-7,9H2,1H3. The van der Waals surface area contributed by atoms with E-state index in [1.165, 1.54) is 18.2 Å². The number of nitro groups is 1. The maximum atomic E-state index is 10.6. The van der Waals surface area contributed by atoms with Crippen LogP contribution in [-0.4, -0.2) is 38.5 Å². The van der Waals surface area contributed by atoms with Gasteiger partial charge in [0.1, 0.15) is 0 Å². The molecule has 0 fully saturated rings. The van der Waals surface area contributed by atoms with Crippen molar-refractivity contribution in [2.75, 3.05) is 33.5 Å². The summed E-state index contributed by atoms with van der Waals surface area (Å²) in [6.45, 7) is 2.10. The van der Waals surface area contributed by atoms with Gasteiger partial charge in [0, 0.05) is 29.8 Å². The summed E-state index contributed by atoms with van der Waals surface area (Å²) in [5, 5.41) is 11.1. The van der Waals surface area contributed by atoms with Crippen LogP contribution >= 0.6 is 11.6 Å². The van der Waals surface area contributed by atoms with Crippen LogP contribution in [0.1, 0.15) is 5.56 Å². The van der Waals surface area contributed by atoms with Crippen LogP contribution in [0.5, 0.6) is 0 Å². The first kappa shape index (κ1) is 15.8. The Morgan fingerprint density at radius 2 is 1.89 bits per heavy atom. The number of ether oxygens (including phenoxy) is 3. The summed E-state index contributed by atoms with van der Waals surface area (Å²) in [5.74, 6) is 0. The van der Waals surface area contributed by atoms with Crippen molar-refractivity contribution in [2.45, 2.75) is 6.61 Å². The second kappa shape index (κ2) is 8.82. The number of nitro benzene ring substituents is 1. The first-order chi connectivity index (χ1) is 9.15. The molecule has 0 N–H and O–H groups in total. The molecular weight excluding hydrogens is 274 g/mol. The molecule has 0 saturated carbocycles. The van der Waals surface area contributed by atoms with Crippen molar-refractivity contribution >= 4 is 17.3 Å². The third-order valence-electron chi connectivity index (χ3n) is 2.30. The topological polar surface area (TPSA) is 70.8 Å². The SMILES string of the molecule is COCCOCCOCc1cc([N+](=O)[O-])ccc1Cl. The number of halogens is 1. The van der Waals surface area contributed by atoms with Crippen molar-refractivity contribution < 1.29 is 19.1 Å². The Kier molecular flexibility index (Phi) is 7.35. The van der Waals surface area contributed by atoms with Crippen LogP contribution in [-0.2, 0) is 20.8 Å². The Labute approximate surface area is 116 Å². The van der Waals surface area contributed by atoms with Gasteiger partial charge >= 0.3 is 0 Å². The zero-order valence-electron chi connectivity index (χ0n) is 10.6. The Morgan fingerprint density at radius 1 is 1.21 bits per heavy atom. The van der Waals surface area contributed by atoms with Gasteiger partial charge in [-0.05, 0) is 6.07 Å². The van der Waals surface area contributed by atoms with Gasteiger partial charge in [-0.1, -0.05) is 11.6 Å². The summed E-state index contributed by atoms with van der Waals surface area (Å²) < 4.78 is 15.4. The van der Waals surface area contributed by atoms with E-state index in [4.69, 9.17) is 25.8 Å². The number of rotatable bonds is 9. The molecule has 0 amide bonds. The summed E-state index contributed by atoms with van der Waals surface area (Å²) in [5.41, 5.74) is 0.590. The second-order valence-electron chi connectivity index (χ2n) is 3.69. The molecule has 0 aliphatic heterocycles. The number of nitrogens with zero attached hydrogens (tertiary/aromatic N) is 1. The lowest BCUT2D eigenvalue weighted by Crippen LogP contribution is -2.08. The summed E-state index contributed by atoms with van der Waals surface area (Å²) in [7, 11) is 1.60. The molecule has 1 aromatic rings. The minimum Gasteiger partial charge on any atom is -0.382 e. The van der Waals surface area contributed by atoms with E-state index in [-0.39, 0.29) is 12.3 Å². The fourth-order valence-corrected chi connectivity index (χ4v) is 1.50.